The minimum Gasteiger partial charge on any atom is -0.316 e. The first kappa shape index (κ1) is 22.2. The summed E-state index contributed by atoms with van der Waals surface area (Å²) in [5, 5.41) is 2.92. The number of rotatable bonds is 7. The lowest BCUT2D eigenvalue weighted by Crippen LogP contribution is -2.20. The molecule has 0 atom stereocenters. The molecule has 2 aromatic heterocycles. The molecule has 0 saturated heterocycles. The highest BCUT2D eigenvalue weighted by atomic mass is 35.5. The molecule has 1 aromatic carbocycles. The van der Waals surface area contributed by atoms with E-state index in [1.807, 2.05) is 0 Å². The molecule has 0 saturated carbocycles. The molecule has 0 aliphatic heterocycles. The lowest BCUT2D eigenvalue weighted by molar-refractivity contribution is 0.586. The number of anilines is 1. The predicted octanol–water partition coefficient (Wildman–Crippen LogP) is 2.57. The first-order valence-corrected chi connectivity index (χ1v) is 12.2. The molecule has 3 aromatic rings. The molecule has 0 amide bonds. The fourth-order valence-electron chi connectivity index (χ4n) is 2.81. The van der Waals surface area contributed by atoms with Crippen LogP contribution in [-0.2, 0) is 26.6 Å². The van der Waals surface area contributed by atoms with Gasteiger partial charge < -0.3 is 5.32 Å². The van der Waals surface area contributed by atoms with E-state index < -0.39 is 25.9 Å². The lowest BCUT2D eigenvalue weighted by Gasteiger charge is -2.15. The van der Waals surface area contributed by atoms with Gasteiger partial charge in [0.05, 0.1) is 23.8 Å². The summed E-state index contributed by atoms with van der Waals surface area (Å²) in [5.74, 6) is -0.584. The summed E-state index contributed by atoms with van der Waals surface area (Å²) < 4.78 is 65.8. The number of pyridine rings is 1. The van der Waals surface area contributed by atoms with Crippen LogP contribution in [0, 0.1) is 5.82 Å². The monoisotopic (exact) mass is 472 g/mol. The maximum atomic E-state index is 14.4. The summed E-state index contributed by atoms with van der Waals surface area (Å²) in [4.78, 5) is 3.50. The van der Waals surface area contributed by atoms with Crippen LogP contribution in [0.25, 0.3) is 11.3 Å². The number of sulfonamides is 1. The van der Waals surface area contributed by atoms with Gasteiger partial charge in [-0.15, -0.1) is 0 Å². The Kier molecular flexibility index (Phi) is 6.18. The summed E-state index contributed by atoms with van der Waals surface area (Å²) >= 11 is 5.79. The first-order valence-electron chi connectivity index (χ1n) is 8.53. The number of hydrogen-bond donors (Lipinski definition) is 1. The third-order valence-electron chi connectivity index (χ3n) is 4.12. The third-order valence-corrected chi connectivity index (χ3v) is 7.50. The average molecular weight is 473 g/mol. The molecule has 0 fully saturated rings. The second kappa shape index (κ2) is 8.34. The molecular formula is C18H18ClFN4O4S2. The highest BCUT2D eigenvalue weighted by molar-refractivity contribution is 7.93. The summed E-state index contributed by atoms with van der Waals surface area (Å²) in [6, 6.07) is 8.45. The molecule has 12 heteroatoms. The number of benzene rings is 1. The Morgan fingerprint density at radius 2 is 1.87 bits per heavy atom. The number of nitrogens with zero attached hydrogens (tertiary/aromatic N) is 3. The molecule has 0 aliphatic carbocycles. The smallest absolute Gasteiger partial charge is 0.269 e. The fraction of sp³-hybridized carbons (Fsp3) is 0.167. The van der Waals surface area contributed by atoms with Gasteiger partial charge in [-0.1, -0.05) is 12.1 Å². The van der Waals surface area contributed by atoms with Gasteiger partial charge in [0.25, 0.3) is 10.0 Å². The summed E-state index contributed by atoms with van der Waals surface area (Å²) in [6.07, 6.45) is 4.42. The Morgan fingerprint density at radius 1 is 1.17 bits per heavy atom. The van der Waals surface area contributed by atoms with Crippen LogP contribution >= 0.6 is 11.8 Å². The molecule has 160 valence electrons. The van der Waals surface area contributed by atoms with E-state index in [1.165, 1.54) is 24.4 Å². The molecule has 0 aliphatic rings. The van der Waals surface area contributed by atoms with E-state index >= 15 is 0 Å². The largest absolute Gasteiger partial charge is 0.316 e. The van der Waals surface area contributed by atoms with Crippen molar-refractivity contribution in [2.75, 3.05) is 17.1 Å². The van der Waals surface area contributed by atoms with Gasteiger partial charge in [0.15, 0.2) is 0 Å². The van der Waals surface area contributed by atoms with Crippen molar-refractivity contribution in [3.8, 4) is 11.3 Å². The van der Waals surface area contributed by atoms with E-state index in [0.29, 0.717) is 15.9 Å². The van der Waals surface area contributed by atoms with Crippen molar-refractivity contribution in [1.82, 2.24) is 14.3 Å². The van der Waals surface area contributed by atoms with Crippen LogP contribution in [0.4, 0.5) is 10.1 Å². The van der Waals surface area contributed by atoms with E-state index in [0.717, 1.165) is 28.7 Å². The molecule has 2 heterocycles. The van der Waals surface area contributed by atoms with Gasteiger partial charge in [-0.3, -0.25) is 4.98 Å². The number of aromatic nitrogens is 2. The molecule has 0 spiro atoms. The topological polar surface area (TPSA) is 101 Å². The van der Waals surface area contributed by atoms with Crippen LogP contribution in [0.1, 0.15) is 5.56 Å². The molecule has 3 rings (SSSR count). The molecule has 8 nitrogen and oxygen atoms in total. The van der Waals surface area contributed by atoms with Crippen molar-refractivity contribution in [3.05, 3.63) is 66.4 Å². The summed E-state index contributed by atoms with van der Waals surface area (Å²) in [6.45, 7) is 0.353. The van der Waals surface area contributed by atoms with Crippen LogP contribution in [0.5, 0.6) is 0 Å². The van der Waals surface area contributed by atoms with Gasteiger partial charge in [0.1, 0.15) is 10.7 Å². The van der Waals surface area contributed by atoms with E-state index in [1.54, 1.807) is 19.2 Å². The van der Waals surface area contributed by atoms with E-state index in [2.05, 4.69) is 10.3 Å². The van der Waals surface area contributed by atoms with Gasteiger partial charge in [-0.2, -0.15) is 3.82 Å². The fourth-order valence-corrected chi connectivity index (χ4v) is 4.76. The van der Waals surface area contributed by atoms with Crippen molar-refractivity contribution in [2.45, 2.75) is 11.4 Å². The van der Waals surface area contributed by atoms with Gasteiger partial charge >= 0.3 is 0 Å². The standard InChI is InChI=1S/C18H18ClFN4O4S2/c1-21-9-13-7-18(16-5-3-4-6-17(16)20)23(12-13)30(27,28)15-8-14(10-22-11-15)24(19)29(2,25)26/h3-8,10-12,21H,9H2,1-2H3. The SMILES string of the molecule is CNCc1cc(-c2ccccc2F)n(S(=O)(=O)c2cncc(N(Cl)S(C)(=O)=O)c2)c1. The molecule has 1 N–H and O–H groups in total. The Balaban J connectivity index is 2.19. The highest BCUT2D eigenvalue weighted by Crippen LogP contribution is 2.30. The Morgan fingerprint density at radius 3 is 2.50 bits per heavy atom. The zero-order valence-electron chi connectivity index (χ0n) is 16.0. The molecular weight excluding hydrogens is 455 g/mol. The van der Waals surface area contributed by atoms with Crippen molar-refractivity contribution in [1.29, 1.82) is 0 Å². The Labute approximate surface area is 179 Å². The Bertz CT molecular complexity index is 1290. The normalized spacial score (nSPS) is 12.1. The van der Waals surface area contributed by atoms with Gasteiger partial charge in [-0.05, 0) is 36.9 Å². The maximum Gasteiger partial charge on any atom is 0.269 e. The van der Waals surface area contributed by atoms with Crippen molar-refractivity contribution in [3.63, 3.8) is 0 Å². The third kappa shape index (κ3) is 4.33. The Hall–Kier alpha value is -2.47. The van der Waals surface area contributed by atoms with Crippen molar-refractivity contribution < 1.29 is 21.2 Å². The zero-order valence-corrected chi connectivity index (χ0v) is 18.3. The van der Waals surface area contributed by atoms with Crippen molar-refractivity contribution in [2.24, 2.45) is 0 Å². The second-order valence-corrected chi connectivity index (χ2v) is 10.6. The predicted molar refractivity (Wildman–Crippen MR) is 113 cm³/mol. The van der Waals surface area contributed by atoms with Gasteiger partial charge in [0, 0.05) is 36.3 Å². The van der Waals surface area contributed by atoms with Crippen LogP contribution in [0.3, 0.4) is 0 Å². The molecule has 0 unspecified atom stereocenters. The zero-order chi connectivity index (χ0) is 22.1. The quantitative estimate of drug-likeness (QED) is 0.530. The van der Waals surface area contributed by atoms with E-state index in [4.69, 9.17) is 11.8 Å². The van der Waals surface area contributed by atoms with E-state index in [-0.39, 0.29) is 21.8 Å². The van der Waals surface area contributed by atoms with Gasteiger partial charge in [-0.25, -0.2) is 25.2 Å². The minimum atomic E-state index is -4.25. The number of halogens is 2. The number of hydrogen-bond acceptors (Lipinski definition) is 6. The second-order valence-electron chi connectivity index (χ2n) is 6.40. The van der Waals surface area contributed by atoms with Crippen LogP contribution in [-0.4, -0.2) is 39.1 Å². The van der Waals surface area contributed by atoms with Crippen LogP contribution < -0.4 is 9.14 Å². The summed E-state index contributed by atoms with van der Waals surface area (Å²) in [7, 11) is -6.40. The van der Waals surface area contributed by atoms with E-state index in [9.17, 15) is 21.2 Å². The average Bonchev–Trinajstić information content (AvgIpc) is 3.12. The highest BCUT2D eigenvalue weighted by Gasteiger charge is 2.25. The number of nitrogens with one attached hydrogen (secondary N) is 1. The van der Waals surface area contributed by atoms with Crippen molar-refractivity contribution >= 4 is 37.5 Å². The van der Waals surface area contributed by atoms with Crippen LogP contribution in [0.15, 0.2) is 59.9 Å². The van der Waals surface area contributed by atoms with Crippen LogP contribution in [0.2, 0.25) is 0 Å². The maximum absolute atomic E-state index is 14.4. The molecule has 30 heavy (non-hydrogen) atoms. The molecule has 0 bridgehead atoms. The molecule has 0 radical (unpaired) electrons. The minimum absolute atomic E-state index is 0.0997. The lowest BCUT2D eigenvalue weighted by atomic mass is 10.1. The summed E-state index contributed by atoms with van der Waals surface area (Å²) in [5.41, 5.74) is 0.686. The first-order chi connectivity index (χ1) is 14.1. The van der Waals surface area contributed by atoms with Gasteiger partial charge in [0.2, 0.25) is 10.0 Å².